The second kappa shape index (κ2) is 10.2. The molecule has 1 atom stereocenters. The van der Waals surface area contributed by atoms with Gasteiger partial charge in [-0.1, -0.05) is 48.5 Å². The topological polar surface area (TPSA) is 55.6 Å². The van der Waals surface area contributed by atoms with E-state index in [0.717, 1.165) is 43.9 Å². The molecule has 2 aromatic carbocycles. The Bertz CT molecular complexity index is 658. The SMILES string of the molecule is Cl.NC(CC(=O)N1CCC(COc2ccccc2)CC1)c1ccccc1. The minimum atomic E-state index is -0.229. The number of nitrogens with two attached hydrogens (primary N) is 1. The van der Waals surface area contributed by atoms with Crippen molar-refractivity contribution < 1.29 is 9.53 Å². The molecular formula is C21H27ClN2O2. The van der Waals surface area contributed by atoms with Gasteiger partial charge in [-0.2, -0.15) is 0 Å². The zero-order chi connectivity index (χ0) is 17.5. The van der Waals surface area contributed by atoms with Gasteiger partial charge in [0.1, 0.15) is 5.75 Å². The van der Waals surface area contributed by atoms with Crippen molar-refractivity contribution in [3.05, 3.63) is 66.2 Å². The number of halogens is 1. The van der Waals surface area contributed by atoms with Gasteiger partial charge in [0.15, 0.2) is 0 Å². The lowest BCUT2D eigenvalue weighted by Gasteiger charge is -2.32. The van der Waals surface area contributed by atoms with Crippen molar-refractivity contribution in [1.82, 2.24) is 4.90 Å². The van der Waals surface area contributed by atoms with Gasteiger partial charge in [-0.05, 0) is 36.5 Å². The number of amides is 1. The number of piperidine rings is 1. The molecule has 1 amide bonds. The van der Waals surface area contributed by atoms with Crippen LogP contribution in [0.3, 0.4) is 0 Å². The summed E-state index contributed by atoms with van der Waals surface area (Å²) in [6.07, 6.45) is 2.34. The number of carbonyl (C=O) groups is 1. The fourth-order valence-electron chi connectivity index (χ4n) is 3.22. The number of hydrogen-bond donors (Lipinski definition) is 1. The number of nitrogens with zero attached hydrogens (tertiary/aromatic N) is 1. The molecule has 0 bridgehead atoms. The molecule has 1 saturated heterocycles. The number of benzene rings is 2. The van der Waals surface area contributed by atoms with E-state index in [4.69, 9.17) is 10.5 Å². The highest BCUT2D eigenvalue weighted by atomic mass is 35.5. The standard InChI is InChI=1S/C21H26N2O2.ClH/c22-20(18-7-3-1-4-8-18)15-21(24)23-13-11-17(12-14-23)16-25-19-9-5-2-6-10-19;/h1-10,17,20H,11-16,22H2;1H. The van der Waals surface area contributed by atoms with Crippen molar-refractivity contribution in [3.8, 4) is 5.75 Å². The highest BCUT2D eigenvalue weighted by molar-refractivity contribution is 5.85. The maximum atomic E-state index is 12.5. The predicted octanol–water partition coefficient (Wildman–Crippen LogP) is 3.82. The zero-order valence-electron chi connectivity index (χ0n) is 14.9. The van der Waals surface area contributed by atoms with Gasteiger partial charge in [0, 0.05) is 25.6 Å². The Balaban J connectivity index is 0.00000243. The minimum absolute atomic E-state index is 0. The molecule has 2 aromatic rings. The van der Waals surface area contributed by atoms with Crippen LogP contribution in [0.15, 0.2) is 60.7 Å². The number of para-hydroxylation sites is 1. The Hall–Kier alpha value is -2.04. The highest BCUT2D eigenvalue weighted by Crippen LogP contribution is 2.21. The monoisotopic (exact) mass is 374 g/mol. The molecule has 0 radical (unpaired) electrons. The Kier molecular flexibility index (Phi) is 7.95. The van der Waals surface area contributed by atoms with E-state index in [2.05, 4.69) is 0 Å². The molecule has 1 aliphatic heterocycles. The van der Waals surface area contributed by atoms with Gasteiger partial charge in [0.25, 0.3) is 0 Å². The first kappa shape index (κ1) is 20.3. The van der Waals surface area contributed by atoms with E-state index in [-0.39, 0.29) is 24.4 Å². The summed E-state index contributed by atoms with van der Waals surface area (Å²) in [6, 6.07) is 19.5. The van der Waals surface area contributed by atoms with E-state index in [9.17, 15) is 4.79 Å². The lowest BCUT2D eigenvalue weighted by atomic mass is 9.96. The summed E-state index contributed by atoms with van der Waals surface area (Å²) in [6.45, 7) is 2.31. The molecule has 5 heteroatoms. The average molecular weight is 375 g/mol. The number of ether oxygens (including phenoxy) is 1. The second-order valence-electron chi connectivity index (χ2n) is 6.67. The molecule has 1 heterocycles. The first-order valence-electron chi connectivity index (χ1n) is 8.98. The smallest absolute Gasteiger partial charge is 0.224 e. The minimum Gasteiger partial charge on any atom is -0.493 e. The van der Waals surface area contributed by atoms with E-state index < -0.39 is 0 Å². The van der Waals surface area contributed by atoms with Gasteiger partial charge in [-0.25, -0.2) is 0 Å². The third kappa shape index (κ3) is 5.75. The van der Waals surface area contributed by atoms with Gasteiger partial charge in [-0.3, -0.25) is 4.79 Å². The first-order valence-corrected chi connectivity index (χ1v) is 8.98. The zero-order valence-corrected chi connectivity index (χ0v) is 15.7. The lowest BCUT2D eigenvalue weighted by Crippen LogP contribution is -2.40. The highest BCUT2D eigenvalue weighted by Gasteiger charge is 2.24. The van der Waals surface area contributed by atoms with Crippen LogP contribution in [0.5, 0.6) is 5.75 Å². The number of likely N-dealkylation sites (tertiary alicyclic amines) is 1. The molecule has 3 rings (SSSR count). The van der Waals surface area contributed by atoms with Crippen molar-refractivity contribution in [1.29, 1.82) is 0 Å². The van der Waals surface area contributed by atoms with E-state index in [1.165, 1.54) is 0 Å². The normalized spacial score (nSPS) is 15.8. The summed E-state index contributed by atoms with van der Waals surface area (Å²) in [5, 5.41) is 0. The summed E-state index contributed by atoms with van der Waals surface area (Å²) >= 11 is 0. The Morgan fingerprint density at radius 2 is 1.62 bits per heavy atom. The van der Waals surface area contributed by atoms with Crippen LogP contribution in [0.25, 0.3) is 0 Å². The molecule has 1 unspecified atom stereocenters. The average Bonchev–Trinajstić information content (AvgIpc) is 2.68. The third-order valence-electron chi connectivity index (χ3n) is 4.82. The summed E-state index contributed by atoms with van der Waals surface area (Å²) in [5.41, 5.74) is 7.19. The van der Waals surface area contributed by atoms with Gasteiger partial charge in [0.05, 0.1) is 6.61 Å². The van der Waals surface area contributed by atoms with Crippen LogP contribution in [0.4, 0.5) is 0 Å². The van der Waals surface area contributed by atoms with E-state index in [1.54, 1.807) is 0 Å². The fourth-order valence-corrected chi connectivity index (χ4v) is 3.22. The van der Waals surface area contributed by atoms with Crippen LogP contribution in [-0.4, -0.2) is 30.5 Å². The molecule has 0 aromatic heterocycles. The van der Waals surface area contributed by atoms with Crippen LogP contribution in [0, 0.1) is 5.92 Å². The summed E-state index contributed by atoms with van der Waals surface area (Å²) in [4.78, 5) is 14.4. The number of hydrogen-bond acceptors (Lipinski definition) is 3. The number of carbonyl (C=O) groups excluding carboxylic acids is 1. The van der Waals surface area contributed by atoms with Crippen molar-refractivity contribution in [2.45, 2.75) is 25.3 Å². The van der Waals surface area contributed by atoms with Crippen LogP contribution < -0.4 is 10.5 Å². The molecule has 4 nitrogen and oxygen atoms in total. The lowest BCUT2D eigenvalue weighted by molar-refractivity contribution is -0.133. The molecule has 0 saturated carbocycles. The maximum Gasteiger partial charge on any atom is 0.224 e. The van der Waals surface area contributed by atoms with Crippen molar-refractivity contribution in [2.75, 3.05) is 19.7 Å². The van der Waals surface area contributed by atoms with Gasteiger partial charge < -0.3 is 15.4 Å². The van der Waals surface area contributed by atoms with E-state index in [0.29, 0.717) is 12.3 Å². The van der Waals surface area contributed by atoms with Crippen LogP contribution in [-0.2, 0) is 4.79 Å². The molecule has 140 valence electrons. The van der Waals surface area contributed by atoms with Gasteiger partial charge >= 0.3 is 0 Å². The van der Waals surface area contributed by atoms with Gasteiger partial charge in [-0.15, -0.1) is 12.4 Å². The molecule has 0 aliphatic carbocycles. The Morgan fingerprint density at radius 3 is 2.23 bits per heavy atom. The maximum absolute atomic E-state index is 12.5. The third-order valence-corrected chi connectivity index (χ3v) is 4.82. The number of rotatable bonds is 6. The first-order chi connectivity index (χ1) is 12.2. The Labute approximate surface area is 161 Å². The van der Waals surface area contributed by atoms with Crippen LogP contribution in [0.1, 0.15) is 30.9 Å². The van der Waals surface area contributed by atoms with Crippen LogP contribution >= 0.6 is 12.4 Å². The quantitative estimate of drug-likeness (QED) is 0.836. The van der Waals surface area contributed by atoms with E-state index >= 15 is 0 Å². The molecule has 2 N–H and O–H groups in total. The van der Waals surface area contributed by atoms with Crippen molar-refractivity contribution >= 4 is 18.3 Å². The predicted molar refractivity (Wildman–Crippen MR) is 106 cm³/mol. The van der Waals surface area contributed by atoms with Crippen LogP contribution in [0.2, 0.25) is 0 Å². The van der Waals surface area contributed by atoms with Crippen molar-refractivity contribution in [2.24, 2.45) is 11.7 Å². The Morgan fingerprint density at radius 1 is 1.04 bits per heavy atom. The summed E-state index contributed by atoms with van der Waals surface area (Å²) in [7, 11) is 0. The summed E-state index contributed by atoms with van der Waals surface area (Å²) in [5.74, 6) is 1.57. The van der Waals surface area contributed by atoms with E-state index in [1.807, 2.05) is 65.6 Å². The molecule has 1 fully saturated rings. The molecular weight excluding hydrogens is 348 g/mol. The van der Waals surface area contributed by atoms with Crippen molar-refractivity contribution in [3.63, 3.8) is 0 Å². The second-order valence-corrected chi connectivity index (χ2v) is 6.67. The summed E-state index contributed by atoms with van der Waals surface area (Å²) < 4.78 is 5.84. The molecule has 26 heavy (non-hydrogen) atoms. The molecule has 1 aliphatic rings. The van der Waals surface area contributed by atoms with Gasteiger partial charge in [0.2, 0.25) is 5.91 Å². The largest absolute Gasteiger partial charge is 0.493 e. The fraction of sp³-hybridized carbons (Fsp3) is 0.381. The molecule has 0 spiro atoms.